The van der Waals surface area contributed by atoms with Gasteiger partial charge in [0.2, 0.25) is 0 Å². The number of rotatable bonds is 7. The molecule has 0 atom stereocenters. The Morgan fingerprint density at radius 3 is 3.11 bits per heavy atom. The van der Waals surface area contributed by atoms with Gasteiger partial charge in [-0.15, -0.1) is 0 Å². The Hall–Kier alpha value is -1.77. The van der Waals surface area contributed by atoms with Gasteiger partial charge in [-0.3, -0.25) is 15.1 Å². The first kappa shape index (κ1) is 14.3. The molecule has 0 saturated carbocycles. The largest absolute Gasteiger partial charge is 0.369 e. The van der Waals surface area contributed by atoms with Gasteiger partial charge in [-0.05, 0) is 0 Å². The molecule has 0 amide bonds. The van der Waals surface area contributed by atoms with E-state index in [1.165, 1.54) is 7.05 Å². The predicted molar refractivity (Wildman–Crippen MR) is 72.4 cm³/mol. The number of aliphatic imine (C=N–C) groups is 1. The number of imidazole rings is 1. The van der Waals surface area contributed by atoms with Gasteiger partial charge in [-0.2, -0.15) is 11.8 Å². The number of nitro groups is 1. The number of amidine groups is 1. The number of H-pyrrole nitrogens is 1. The molecular formula is C9H16N6O2S. The normalized spacial score (nSPS) is 11.5. The molecule has 9 heteroatoms. The number of anilines is 1. The highest BCUT2D eigenvalue weighted by Gasteiger charge is 2.05. The van der Waals surface area contributed by atoms with Crippen LogP contribution in [0.25, 0.3) is 0 Å². The zero-order valence-corrected chi connectivity index (χ0v) is 10.9. The molecule has 1 aromatic heterocycles. The Morgan fingerprint density at radius 2 is 2.56 bits per heavy atom. The number of nitrogen functional groups attached to an aromatic ring is 1. The van der Waals surface area contributed by atoms with Gasteiger partial charge in [0.15, 0.2) is 11.8 Å². The lowest BCUT2D eigenvalue weighted by Crippen LogP contribution is -2.31. The highest BCUT2D eigenvalue weighted by atomic mass is 32.2. The third-order valence-electron chi connectivity index (χ3n) is 2.03. The summed E-state index contributed by atoms with van der Waals surface area (Å²) in [7, 11) is 1.53. The van der Waals surface area contributed by atoms with Crippen LogP contribution >= 0.6 is 11.8 Å². The molecule has 18 heavy (non-hydrogen) atoms. The smallest absolute Gasteiger partial charge is 0.259 e. The molecule has 100 valence electrons. The van der Waals surface area contributed by atoms with Crippen molar-refractivity contribution in [1.82, 2.24) is 15.3 Å². The Balaban J connectivity index is 2.13. The molecule has 0 aliphatic rings. The van der Waals surface area contributed by atoms with Gasteiger partial charge in [0, 0.05) is 35.7 Å². The number of nitrogens with zero attached hydrogens (tertiary/aromatic N) is 3. The van der Waals surface area contributed by atoms with Crippen molar-refractivity contribution in [3.63, 3.8) is 0 Å². The van der Waals surface area contributed by atoms with Crippen LogP contribution in [0.1, 0.15) is 5.69 Å². The van der Waals surface area contributed by atoms with Crippen molar-refractivity contribution in [2.45, 2.75) is 5.75 Å². The van der Waals surface area contributed by atoms with Crippen LogP contribution in [0.2, 0.25) is 0 Å². The summed E-state index contributed by atoms with van der Waals surface area (Å²) in [6.07, 6.45) is 1.70. The second kappa shape index (κ2) is 7.54. The van der Waals surface area contributed by atoms with Crippen LogP contribution in [-0.2, 0) is 5.75 Å². The Labute approximate surface area is 109 Å². The third-order valence-corrected chi connectivity index (χ3v) is 3.04. The zero-order valence-electron chi connectivity index (χ0n) is 10.0. The maximum atomic E-state index is 10.3. The fourth-order valence-electron chi connectivity index (χ4n) is 1.23. The molecule has 0 saturated heterocycles. The Bertz CT molecular complexity index is 419. The number of hydrogen-bond acceptors (Lipinski definition) is 6. The summed E-state index contributed by atoms with van der Waals surface area (Å²) in [5.41, 5.74) is 6.41. The first-order chi connectivity index (χ1) is 8.61. The van der Waals surface area contributed by atoms with Crippen molar-refractivity contribution in [1.29, 1.82) is 0 Å². The van der Waals surface area contributed by atoms with E-state index in [0.717, 1.165) is 17.2 Å². The first-order valence-corrected chi connectivity index (χ1v) is 6.45. The van der Waals surface area contributed by atoms with Crippen LogP contribution in [0.15, 0.2) is 11.2 Å². The topological polar surface area (TPSA) is 122 Å². The van der Waals surface area contributed by atoms with E-state index in [1.807, 2.05) is 0 Å². The van der Waals surface area contributed by atoms with E-state index in [2.05, 4.69) is 20.3 Å². The molecule has 0 bridgehead atoms. The minimum absolute atomic E-state index is 0.266. The van der Waals surface area contributed by atoms with E-state index >= 15 is 0 Å². The van der Waals surface area contributed by atoms with Crippen molar-refractivity contribution in [2.24, 2.45) is 4.99 Å². The molecule has 0 radical (unpaired) electrons. The Kier molecular flexibility index (Phi) is 5.98. The van der Waals surface area contributed by atoms with Crippen molar-refractivity contribution in [2.75, 3.05) is 31.6 Å². The predicted octanol–water partition coefficient (Wildman–Crippen LogP) is 0.120. The van der Waals surface area contributed by atoms with E-state index in [9.17, 15) is 10.1 Å². The van der Waals surface area contributed by atoms with Crippen LogP contribution in [0.4, 0.5) is 5.95 Å². The molecule has 0 aromatic carbocycles. The molecule has 1 aromatic rings. The number of thioether (sulfide) groups is 1. The number of nitrogens with one attached hydrogen (secondary N) is 2. The van der Waals surface area contributed by atoms with Gasteiger partial charge in [0.05, 0.1) is 6.20 Å². The van der Waals surface area contributed by atoms with Crippen molar-refractivity contribution in [3.8, 4) is 0 Å². The molecule has 4 N–H and O–H groups in total. The van der Waals surface area contributed by atoms with Crippen molar-refractivity contribution in [3.05, 3.63) is 22.0 Å². The number of nitrogens with two attached hydrogens (primary N) is 1. The number of hydrogen-bond donors (Lipinski definition) is 3. The molecule has 0 unspecified atom stereocenters. The molecule has 0 aliphatic heterocycles. The van der Waals surface area contributed by atoms with Crippen LogP contribution in [0, 0.1) is 10.1 Å². The van der Waals surface area contributed by atoms with E-state index in [0.29, 0.717) is 18.3 Å². The molecule has 0 fully saturated rings. The van der Waals surface area contributed by atoms with Crippen LogP contribution in [0.3, 0.4) is 0 Å². The summed E-state index contributed by atoms with van der Waals surface area (Å²) in [4.78, 5) is 20.5. The average molecular weight is 272 g/mol. The van der Waals surface area contributed by atoms with E-state index < -0.39 is 4.92 Å². The van der Waals surface area contributed by atoms with Gasteiger partial charge in [-0.1, -0.05) is 0 Å². The summed E-state index contributed by atoms with van der Waals surface area (Å²) in [5, 5.41) is 13.2. The molecule has 1 rings (SSSR count). The first-order valence-electron chi connectivity index (χ1n) is 5.30. The number of aromatic amines is 1. The van der Waals surface area contributed by atoms with Crippen molar-refractivity contribution >= 4 is 23.5 Å². The van der Waals surface area contributed by atoms with E-state index in [4.69, 9.17) is 5.73 Å². The van der Waals surface area contributed by atoms with Crippen LogP contribution in [-0.4, -0.2) is 46.6 Å². The summed E-state index contributed by atoms with van der Waals surface area (Å²) in [6.45, 7) is 0.368. The molecule has 0 aliphatic carbocycles. The monoisotopic (exact) mass is 272 g/mol. The lowest BCUT2D eigenvalue weighted by molar-refractivity contribution is -0.463. The second-order valence-electron chi connectivity index (χ2n) is 3.43. The Morgan fingerprint density at radius 1 is 1.78 bits per heavy atom. The van der Waals surface area contributed by atoms with Gasteiger partial charge in [-0.25, -0.2) is 4.98 Å². The third kappa shape index (κ3) is 5.53. The fourth-order valence-corrected chi connectivity index (χ4v) is 1.98. The lowest BCUT2D eigenvalue weighted by atomic mass is 10.5. The van der Waals surface area contributed by atoms with E-state index in [1.54, 1.807) is 18.0 Å². The summed E-state index contributed by atoms with van der Waals surface area (Å²) >= 11 is 1.68. The van der Waals surface area contributed by atoms with Crippen LogP contribution < -0.4 is 11.1 Å². The quantitative estimate of drug-likeness (QED) is 0.213. The van der Waals surface area contributed by atoms with Gasteiger partial charge < -0.3 is 16.0 Å². The average Bonchev–Trinajstić information content (AvgIpc) is 2.72. The highest BCUT2D eigenvalue weighted by Crippen LogP contribution is 2.09. The minimum atomic E-state index is -0.407. The lowest BCUT2D eigenvalue weighted by Gasteiger charge is -2.05. The molecule has 1 heterocycles. The standard InChI is InChI=1S/C9H16N6O2S/c1-11-8(5-15(16)17)12-2-3-18-6-7-4-13-9(10)14-7/h4H,2-3,5-6H2,1H3,(H,11,12)(H3,10,13,14). The summed E-state index contributed by atoms with van der Waals surface area (Å²) < 4.78 is 0. The SMILES string of the molecule is CN=C(C[N+](=O)[O-])NCCSCc1cnc(N)[nH]1. The summed E-state index contributed by atoms with van der Waals surface area (Å²) in [6, 6.07) is 0. The second-order valence-corrected chi connectivity index (χ2v) is 4.54. The summed E-state index contributed by atoms with van der Waals surface area (Å²) in [5.74, 6) is 2.40. The fraction of sp³-hybridized carbons (Fsp3) is 0.556. The van der Waals surface area contributed by atoms with Crippen molar-refractivity contribution < 1.29 is 4.92 Å². The van der Waals surface area contributed by atoms with Gasteiger partial charge >= 0.3 is 0 Å². The van der Waals surface area contributed by atoms with Crippen LogP contribution in [0.5, 0.6) is 0 Å². The minimum Gasteiger partial charge on any atom is -0.369 e. The maximum Gasteiger partial charge on any atom is 0.259 e. The molecule has 0 spiro atoms. The van der Waals surface area contributed by atoms with E-state index in [-0.39, 0.29) is 6.54 Å². The zero-order chi connectivity index (χ0) is 13.4. The van der Waals surface area contributed by atoms with Gasteiger partial charge in [0.25, 0.3) is 6.54 Å². The van der Waals surface area contributed by atoms with Gasteiger partial charge in [0.1, 0.15) is 0 Å². The number of aromatic nitrogens is 2. The maximum absolute atomic E-state index is 10.3. The molecule has 8 nitrogen and oxygen atoms in total. The highest BCUT2D eigenvalue weighted by molar-refractivity contribution is 7.98. The molecular weight excluding hydrogens is 256 g/mol.